The van der Waals surface area contributed by atoms with Crippen molar-refractivity contribution in [2.45, 2.75) is 31.7 Å². The maximum Gasteiger partial charge on any atom is 0.220 e. The van der Waals surface area contributed by atoms with Crippen molar-refractivity contribution in [1.82, 2.24) is 10.3 Å². The van der Waals surface area contributed by atoms with Gasteiger partial charge < -0.3 is 15.0 Å². The highest BCUT2D eigenvalue weighted by Gasteiger charge is 2.20. The number of H-pyrrole nitrogens is 1. The van der Waals surface area contributed by atoms with E-state index in [4.69, 9.17) is 4.74 Å². The van der Waals surface area contributed by atoms with Crippen molar-refractivity contribution in [2.24, 2.45) is 0 Å². The van der Waals surface area contributed by atoms with Crippen molar-refractivity contribution in [1.29, 1.82) is 0 Å². The van der Waals surface area contributed by atoms with Crippen LogP contribution in [0.5, 0.6) is 5.75 Å². The van der Waals surface area contributed by atoms with Gasteiger partial charge in [0.25, 0.3) is 0 Å². The second-order valence-electron chi connectivity index (χ2n) is 7.84. The highest BCUT2D eigenvalue weighted by Crippen LogP contribution is 2.33. The molecule has 0 fully saturated rings. The minimum atomic E-state index is 0.0687. The zero-order valence-electron chi connectivity index (χ0n) is 17.8. The third kappa shape index (κ3) is 5.34. The van der Waals surface area contributed by atoms with Gasteiger partial charge in [-0.15, -0.1) is 0 Å². The molecule has 1 heterocycles. The number of aromatic amines is 1. The molecule has 1 atom stereocenters. The summed E-state index contributed by atoms with van der Waals surface area (Å²) in [6, 6.07) is 26.5. The molecular formula is C27H28N2O2. The third-order valence-electron chi connectivity index (χ3n) is 5.75. The summed E-state index contributed by atoms with van der Waals surface area (Å²) >= 11 is 0. The van der Waals surface area contributed by atoms with Crippen LogP contribution in [0.15, 0.2) is 85.1 Å². The number of carbonyl (C=O) groups is 1. The number of benzene rings is 3. The third-order valence-corrected chi connectivity index (χ3v) is 5.75. The summed E-state index contributed by atoms with van der Waals surface area (Å²) in [4.78, 5) is 16.2. The fraction of sp³-hybridized carbons (Fsp3) is 0.222. The first-order chi connectivity index (χ1) is 15.2. The van der Waals surface area contributed by atoms with Gasteiger partial charge in [0.15, 0.2) is 0 Å². The van der Waals surface area contributed by atoms with E-state index in [0.29, 0.717) is 13.0 Å². The SMILES string of the molecule is COc1ccc2[nH]cc([C@@H](CCc3ccccc3)CC(=O)NCc3ccccc3)c2c1. The molecule has 4 aromatic rings. The van der Waals surface area contributed by atoms with Gasteiger partial charge in [-0.1, -0.05) is 60.7 Å². The van der Waals surface area contributed by atoms with Crippen LogP contribution in [-0.2, 0) is 17.8 Å². The summed E-state index contributed by atoms with van der Waals surface area (Å²) < 4.78 is 5.43. The number of amides is 1. The molecule has 0 aliphatic carbocycles. The monoisotopic (exact) mass is 412 g/mol. The van der Waals surface area contributed by atoms with E-state index in [1.165, 1.54) is 11.1 Å². The number of aromatic nitrogens is 1. The van der Waals surface area contributed by atoms with Crippen molar-refractivity contribution < 1.29 is 9.53 Å². The molecule has 158 valence electrons. The standard InChI is InChI=1S/C27H28N2O2/c1-31-23-14-15-26-24(17-23)25(19-28-26)22(13-12-20-8-4-2-5-9-20)16-27(30)29-18-21-10-6-3-7-11-21/h2-11,14-15,17,19,22,28H,12-13,16,18H2,1H3,(H,29,30)/t22-/m0/s1. The minimum absolute atomic E-state index is 0.0687. The van der Waals surface area contributed by atoms with Crippen LogP contribution in [0.3, 0.4) is 0 Å². The van der Waals surface area contributed by atoms with E-state index < -0.39 is 0 Å². The van der Waals surface area contributed by atoms with Crippen molar-refractivity contribution in [3.63, 3.8) is 0 Å². The Morgan fingerprint density at radius 1 is 0.968 bits per heavy atom. The Morgan fingerprint density at radius 3 is 2.39 bits per heavy atom. The van der Waals surface area contributed by atoms with E-state index >= 15 is 0 Å². The normalized spacial score (nSPS) is 11.9. The van der Waals surface area contributed by atoms with Crippen LogP contribution in [0.25, 0.3) is 10.9 Å². The number of methoxy groups -OCH3 is 1. The summed E-state index contributed by atoms with van der Waals surface area (Å²) in [7, 11) is 1.68. The zero-order chi connectivity index (χ0) is 21.5. The molecule has 0 bridgehead atoms. The fourth-order valence-corrected chi connectivity index (χ4v) is 4.03. The molecule has 0 aliphatic heterocycles. The number of ether oxygens (including phenoxy) is 1. The number of carbonyl (C=O) groups excluding carboxylic acids is 1. The van der Waals surface area contributed by atoms with Gasteiger partial charge in [-0.3, -0.25) is 4.79 Å². The first-order valence-corrected chi connectivity index (χ1v) is 10.7. The van der Waals surface area contributed by atoms with E-state index in [-0.39, 0.29) is 11.8 Å². The van der Waals surface area contributed by atoms with Crippen LogP contribution >= 0.6 is 0 Å². The summed E-state index contributed by atoms with van der Waals surface area (Å²) in [6.07, 6.45) is 4.31. The topological polar surface area (TPSA) is 54.1 Å². The van der Waals surface area contributed by atoms with Gasteiger partial charge in [-0.25, -0.2) is 0 Å². The second kappa shape index (κ2) is 9.98. The van der Waals surface area contributed by atoms with Crippen LogP contribution in [0.2, 0.25) is 0 Å². The Labute approximate surface area is 183 Å². The lowest BCUT2D eigenvalue weighted by Gasteiger charge is -2.17. The number of aryl methyl sites for hydroxylation is 1. The van der Waals surface area contributed by atoms with Crippen molar-refractivity contribution in [3.05, 3.63) is 102 Å². The van der Waals surface area contributed by atoms with Crippen LogP contribution in [0.4, 0.5) is 0 Å². The summed E-state index contributed by atoms with van der Waals surface area (Å²) in [5.74, 6) is 1.000. The largest absolute Gasteiger partial charge is 0.497 e. The van der Waals surface area contributed by atoms with Gasteiger partial charge in [-0.05, 0) is 53.6 Å². The molecule has 0 aliphatic rings. The molecule has 4 nitrogen and oxygen atoms in total. The number of rotatable bonds is 9. The minimum Gasteiger partial charge on any atom is -0.497 e. The molecule has 3 aromatic carbocycles. The van der Waals surface area contributed by atoms with Crippen molar-refractivity contribution >= 4 is 16.8 Å². The predicted octanol–water partition coefficient (Wildman–Crippen LogP) is 5.60. The van der Waals surface area contributed by atoms with Gasteiger partial charge in [0, 0.05) is 30.1 Å². The molecule has 4 heteroatoms. The van der Waals surface area contributed by atoms with E-state index in [1.54, 1.807) is 7.11 Å². The van der Waals surface area contributed by atoms with Crippen LogP contribution < -0.4 is 10.1 Å². The molecular weight excluding hydrogens is 384 g/mol. The Hall–Kier alpha value is -3.53. The summed E-state index contributed by atoms with van der Waals surface area (Å²) in [5, 5.41) is 4.21. The van der Waals surface area contributed by atoms with Crippen LogP contribution in [0.1, 0.15) is 35.4 Å². The average molecular weight is 413 g/mol. The van der Waals surface area contributed by atoms with Crippen LogP contribution in [0, 0.1) is 0 Å². The highest BCUT2D eigenvalue weighted by atomic mass is 16.5. The van der Waals surface area contributed by atoms with Gasteiger partial charge in [0.05, 0.1) is 7.11 Å². The summed E-state index contributed by atoms with van der Waals surface area (Å²) in [6.45, 7) is 0.548. The molecule has 2 N–H and O–H groups in total. The predicted molar refractivity (Wildman–Crippen MR) is 125 cm³/mol. The Balaban J connectivity index is 1.53. The van der Waals surface area contributed by atoms with Gasteiger partial charge in [0.1, 0.15) is 5.75 Å². The molecule has 31 heavy (non-hydrogen) atoms. The smallest absolute Gasteiger partial charge is 0.220 e. The molecule has 0 spiro atoms. The first kappa shape index (κ1) is 20.7. The lowest BCUT2D eigenvalue weighted by Crippen LogP contribution is -2.24. The average Bonchev–Trinajstić information content (AvgIpc) is 3.25. The first-order valence-electron chi connectivity index (χ1n) is 10.7. The van der Waals surface area contributed by atoms with Crippen LogP contribution in [-0.4, -0.2) is 18.0 Å². The molecule has 0 unspecified atom stereocenters. The molecule has 0 radical (unpaired) electrons. The lowest BCUT2D eigenvalue weighted by molar-refractivity contribution is -0.121. The maximum atomic E-state index is 12.8. The van der Waals surface area contributed by atoms with E-state index in [0.717, 1.165) is 35.1 Å². The molecule has 4 rings (SSSR count). The Bertz CT molecular complexity index is 1120. The lowest BCUT2D eigenvalue weighted by atomic mass is 9.89. The molecule has 0 saturated heterocycles. The molecule has 1 aromatic heterocycles. The van der Waals surface area contributed by atoms with Gasteiger partial charge >= 0.3 is 0 Å². The summed E-state index contributed by atoms with van der Waals surface area (Å²) in [5.41, 5.74) is 4.62. The van der Waals surface area contributed by atoms with Gasteiger partial charge in [0.2, 0.25) is 5.91 Å². The Morgan fingerprint density at radius 2 is 1.68 bits per heavy atom. The van der Waals surface area contributed by atoms with Gasteiger partial charge in [-0.2, -0.15) is 0 Å². The highest BCUT2D eigenvalue weighted by molar-refractivity contribution is 5.86. The molecule has 0 saturated carbocycles. The van der Waals surface area contributed by atoms with E-state index in [1.807, 2.05) is 54.7 Å². The number of nitrogens with one attached hydrogen (secondary N) is 2. The second-order valence-corrected chi connectivity index (χ2v) is 7.84. The number of hydrogen-bond acceptors (Lipinski definition) is 2. The van der Waals surface area contributed by atoms with Crippen molar-refractivity contribution in [3.8, 4) is 5.75 Å². The van der Waals surface area contributed by atoms with E-state index in [9.17, 15) is 4.79 Å². The van der Waals surface area contributed by atoms with E-state index in [2.05, 4.69) is 40.6 Å². The Kier molecular flexibility index (Phi) is 6.68. The number of hydrogen-bond donors (Lipinski definition) is 2. The zero-order valence-corrected chi connectivity index (χ0v) is 17.8. The quantitative estimate of drug-likeness (QED) is 0.376. The van der Waals surface area contributed by atoms with Crippen molar-refractivity contribution in [2.75, 3.05) is 7.11 Å². The number of fused-ring (bicyclic) bond motifs is 1. The fourth-order valence-electron chi connectivity index (χ4n) is 4.03. The molecule has 1 amide bonds. The maximum absolute atomic E-state index is 12.8.